The molecule has 1 unspecified atom stereocenters. The molecular formula is C12H17F2NO2. The zero-order valence-corrected chi connectivity index (χ0v) is 9.93. The van der Waals surface area contributed by atoms with Crippen LogP contribution in [-0.4, -0.2) is 22.4 Å². The number of phenols is 1. The van der Waals surface area contributed by atoms with Gasteiger partial charge in [-0.1, -0.05) is 6.92 Å². The highest BCUT2D eigenvalue weighted by atomic mass is 19.1. The fraction of sp³-hybridized carbons (Fsp3) is 0.500. The molecule has 0 saturated carbocycles. The largest absolute Gasteiger partial charge is 0.503 e. The summed E-state index contributed by atoms with van der Waals surface area (Å²) >= 11 is 0. The SMILES string of the molecule is CCC(C)(CO)NCc1cc(F)c(O)c(F)c1. The van der Waals surface area contributed by atoms with Crippen LogP contribution < -0.4 is 5.32 Å². The van der Waals surface area contributed by atoms with Gasteiger partial charge in [-0.15, -0.1) is 0 Å². The summed E-state index contributed by atoms with van der Waals surface area (Å²) in [6.07, 6.45) is 0.687. The minimum atomic E-state index is -0.982. The molecule has 1 atom stereocenters. The molecule has 0 aliphatic carbocycles. The van der Waals surface area contributed by atoms with Crippen LogP contribution in [0.1, 0.15) is 25.8 Å². The zero-order valence-electron chi connectivity index (χ0n) is 9.93. The second kappa shape index (κ2) is 5.42. The smallest absolute Gasteiger partial charge is 0.187 e. The second-order valence-corrected chi connectivity index (χ2v) is 4.33. The molecule has 96 valence electrons. The maximum Gasteiger partial charge on any atom is 0.187 e. The lowest BCUT2D eigenvalue weighted by Crippen LogP contribution is -2.44. The monoisotopic (exact) mass is 245 g/mol. The standard InChI is InChI=1S/C12H17F2NO2/c1-3-12(2,7-16)15-6-8-4-9(13)11(17)10(14)5-8/h4-5,15-17H,3,6-7H2,1-2H3. The van der Waals surface area contributed by atoms with Gasteiger partial charge in [0.2, 0.25) is 0 Å². The first kappa shape index (κ1) is 13.9. The number of benzene rings is 1. The minimum absolute atomic E-state index is 0.0629. The number of halogens is 2. The Labute approximate surface area is 99.1 Å². The molecule has 0 aliphatic rings. The van der Waals surface area contributed by atoms with Crippen LogP contribution in [0.25, 0.3) is 0 Å². The van der Waals surface area contributed by atoms with Gasteiger partial charge >= 0.3 is 0 Å². The highest BCUT2D eigenvalue weighted by molar-refractivity contribution is 5.30. The number of hydrogen-bond acceptors (Lipinski definition) is 3. The van der Waals surface area contributed by atoms with Crippen LogP contribution in [0.5, 0.6) is 5.75 Å². The molecule has 1 aromatic carbocycles. The van der Waals surface area contributed by atoms with E-state index in [-0.39, 0.29) is 13.2 Å². The Hall–Kier alpha value is -1.20. The average Bonchev–Trinajstić information content (AvgIpc) is 2.32. The van der Waals surface area contributed by atoms with E-state index >= 15 is 0 Å². The number of aromatic hydroxyl groups is 1. The van der Waals surface area contributed by atoms with Gasteiger partial charge < -0.3 is 15.5 Å². The fourth-order valence-electron chi connectivity index (χ4n) is 1.33. The first-order chi connectivity index (χ1) is 7.91. The van der Waals surface area contributed by atoms with E-state index in [2.05, 4.69) is 5.32 Å². The molecule has 0 spiro atoms. The van der Waals surface area contributed by atoms with Crippen LogP contribution in [0.15, 0.2) is 12.1 Å². The molecule has 3 nitrogen and oxygen atoms in total. The van der Waals surface area contributed by atoms with Crippen molar-refractivity contribution in [1.82, 2.24) is 5.32 Å². The van der Waals surface area contributed by atoms with Crippen molar-refractivity contribution >= 4 is 0 Å². The van der Waals surface area contributed by atoms with E-state index in [4.69, 9.17) is 10.2 Å². The molecule has 1 rings (SSSR count). The predicted molar refractivity (Wildman–Crippen MR) is 60.6 cm³/mol. The third-order valence-corrected chi connectivity index (χ3v) is 2.93. The van der Waals surface area contributed by atoms with Crippen molar-refractivity contribution in [1.29, 1.82) is 0 Å². The Kier molecular flexibility index (Phi) is 4.42. The molecule has 0 saturated heterocycles. The summed E-state index contributed by atoms with van der Waals surface area (Å²) in [7, 11) is 0. The van der Waals surface area contributed by atoms with Gasteiger partial charge in [-0.2, -0.15) is 0 Å². The second-order valence-electron chi connectivity index (χ2n) is 4.33. The highest BCUT2D eigenvalue weighted by Crippen LogP contribution is 2.21. The molecule has 3 N–H and O–H groups in total. The lowest BCUT2D eigenvalue weighted by Gasteiger charge is -2.27. The summed E-state index contributed by atoms with van der Waals surface area (Å²) < 4.78 is 26.1. The van der Waals surface area contributed by atoms with Gasteiger partial charge in [0.15, 0.2) is 17.4 Å². The van der Waals surface area contributed by atoms with Gasteiger partial charge in [0.1, 0.15) is 0 Å². The Morgan fingerprint density at radius 3 is 2.24 bits per heavy atom. The van der Waals surface area contributed by atoms with Crippen LogP contribution in [0.4, 0.5) is 8.78 Å². The van der Waals surface area contributed by atoms with Crippen LogP contribution in [0.3, 0.4) is 0 Å². The van der Waals surface area contributed by atoms with Gasteiger partial charge in [0.25, 0.3) is 0 Å². The molecule has 5 heteroatoms. The fourth-order valence-corrected chi connectivity index (χ4v) is 1.33. The first-order valence-electron chi connectivity index (χ1n) is 5.44. The number of rotatable bonds is 5. The summed E-state index contributed by atoms with van der Waals surface area (Å²) in [5.41, 5.74) is -0.101. The quantitative estimate of drug-likeness (QED) is 0.743. The van der Waals surface area contributed by atoms with Crippen LogP contribution in [0, 0.1) is 11.6 Å². The zero-order chi connectivity index (χ0) is 13.1. The molecule has 1 aromatic rings. The summed E-state index contributed by atoms with van der Waals surface area (Å²) in [5.74, 6) is -2.93. The van der Waals surface area contributed by atoms with E-state index < -0.39 is 22.9 Å². The molecule has 0 aromatic heterocycles. The Morgan fingerprint density at radius 1 is 1.29 bits per heavy atom. The van der Waals surface area contributed by atoms with Crippen molar-refractivity contribution in [3.05, 3.63) is 29.3 Å². The highest BCUT2D eigenvalue weighted by Gasteiger charge is 2.20. The maximum atomic E-state index is 13.1. The van der Waals surface area contributed by atoms with Crippen LogP contribution >= 0.6 is 0 Å². The molecule has 0 fully saturated rings. The van der Waals surface area contributed by atoms with E-state index in [0.717, 1.165) is 12.1 Å². The summed E-state index contributed by atoms with van der Waals surface area (Å²) in [4.78, 5) is 0. The van der Waals surface area contributed by atoms with Crippen molar-refractivity contribution in [2.75, 3.05) is 6.61 Å². The van der Waals surface area contributed by atoms with Gasteiger partial charge in [-0.25, -0.2) is 8.78 Å². The van der Waals surface area contributed by atoms with Crippen molar-refractivity contribution in [3.8, 4) is 5.75 Å². The van der Waals surface area contributed by atoms with E-state index in [9.17, 15) is 8.78 Å². The number of aliphatic hydroxyl groups excluding tert-OH is 1. The summed E-state index contributed by atoms with van der Waals surface area (Å²) in [5, 5.41) is 21.1. The molecule has 0 radical (unpaired) electrons. The lowest BCUT2D eigenvalue weighted by molar-refractivity contribution is 0.169. The topological polar surface area (TPSA) is 52.5 Å². The van der Waals surface area contributed by atoms with E-state index in [0.29, 0.717) is 12.0 Å². The molecule has 0 bridgehead atoms. The molecular weight excluding hydrogens is 228 g/mol. The van der Waals surface area contributed by atoms with E-state index in [1.54, 1.807) is 0 Å². The minimum Gasteiger partial charge on any atom is -0.503 e. The molecule has 0 heterocycles. The predicted octanol–water partition coefficient (Wildman–Crippen LogP) is 1.92. The van der Waals surface area contributed by atoms with Crippen molar-refractivity contribution in [3.63, 3.8) is 0 Å². The van der Waals surface area contributed by atoms with E-state index in [1.807, 2.05) is 13.8 Å². The van der Waals surface area contributed by atoms with Gasteiger partial charge in [-0.3, -0.25) is 0 Å². The first-order valence-corrected chi connectivity index (χ1v) is 5.44. The summed E-state index contributed by atoms with van der Waals surface area (Å²) in [6, 6.07) is 2.14. The molecule has 0 aliphatic heterocycles. The Bertz CT molecular complexity index is 369. The lowest BCUT2D eigenvalue weighted by atomic mass is 10.00. The Morgan fingerprint density at radius 2 is 1.82 bits per heavy atom. The van der Waals surface area contributed by atoms with Gasteiger partial charge in [0.05, 0.1) is 6.61 Å². The van der Waals surface area contributed by atoms with Crippen LogP contribution in [0.2, 0.25) is 0 Å². The number of phenolic OH excluding ortho intramolecular Hbond substituents is 1. The molecule has 17 heavy (non-hydrogen) atoms. The molecule has 0 amide bonds. The van der Waals surface area contributed by atoms with Crippen molar-refractivity contribution in [2.24, 2.45) is 0 Å². The number of aliphatic hydroxyl groups is 1. The van der Waals surface area contributed by atoms with E-state index in [1.165, 1.54) is 0 Å². The normalized spacial score (nSPS) is 14.6. The van der Waals surface area contributed by atoms with Crippen LogP contribution in [-0.2, 0) is 6.54 Å². The van der Waals surface area contributed by atoms with Crippen molar-refractivity contribution < 1.29 is 19.0 Å². The maximum absolute atomic E-state index is 13.1. The third-order valence-electron chi connectivity index (χ3n) is 2.93. The van der Waals surface area contributed by atoms with Gasteiger partial charge in [-0.05, 0) is 31.0 Å². The average molecular weight is 245 g/mol. The van der Waals surface area contributed by atoms with Gasteiger partial charge in [0, 0.05) is 12.1 Å². The van der Waals surface area contributed by atoms with Crippen molar-refractivity contribution in [2.45, 2.75) is 32.4 Å². The number of hydrogen-bond donors (Lipinski definition) is 3. The Balaban J connectivity index is 2.76. The number of nitrogens with one attached hydrogen (secondary N) is 1. The summed E-state index contributed by atoms with van der Waals surface area (Å²) in [6.45, 7) is 3.88. The third kappa shape index (κ3) is 3.38.